The first-order valence-corrected chi connectivity index (χ1v) is 34.5. The number of hydrogen-bond acceptors (Lipinski definition) is 15. The molecule has 3 N–H and O–H groups in total. The van der Waals surface area contributed by atoms with Crippen LogP contribution in [0.1, 0.15) is 292 Å². The number of hydrogen-bond donors (Lipinski definition) is 3. The highest BCUT2D eigenvalue weighted by Crippen LogP contribution is 2.45. The van der Waals surface area contributed by atoms with Gasteiger partial charge in [0.05, 0.1) is 26.4 Å². The van der Waals surface area contributed by atoms with Gasteiger partial charge >= 0.3 is 39.5 Å². The molecule has 0 saturated carbocycles. The lowest BCUT2D eigenvalue weighted by Crippen LogP contribution is -2.30. The van der Waals surface area contributed by atoms with Gasteiger partial charge < -0.3 is 33.8 Å². The van der Waals surface area contributed by atoms with Gasteiger partial charge in [-0.15, -0.1) is 0 Å². The van der Waals surface area contributed by atoms with Gasteiger partial charge in [-0.3, -0.25) is 37.3 Å². The van der Waals surface area contributed by atoms with E-state index in [2.05, 4.69) is 41.5 Å². The normalized spacial score (nSPS) is 14.8. The Balaban J connectivity index is 5.19. The summed E-state index contributed by atoms with van der Waals surface area (Å²) in [4.78, 5) is 71.8. The fraction of sp³-hybridized carbons (Fsp3) is 0.933. The molecule has 0 heterocycles. The summed E-state index contributed by atoms with van der Waals surface area (Å²) in [5.74, 6) is -0.705. The van der Waals surface area contributed by atoms with Crippen molar-refractivity contribution >= 4 is 39.5 Å². The van der Waals surface area contributed by atoms with Crippen molar-refractivity contribution in [3.8, 4) is 0 Å². The van der Waals surface area contributed by atoms with Crippen molar-refractivity contribution in [1.29, 1.82) is 0 Å². The van der Waals surface area contributed by atoms with Gasteiger partial charge in [0.15, 0.2) is 12.2 Å². The van der Waals surface area contributed by atoms with E-state index in [4.69, 9.17) is 37.0 Å². The topological polar surface area (TPSA) is 237 Å². The molecule has 0 saturated heterocycles. The first kappa shape index (κ1) is 77.1. The molecule has 0 radical (unpaired) electrons. The van der Waals surface area contributed by atoms with Crippen LogP contribution < -0.4 is 0 Å². The van der Waals surface area contributed by atoms with Crippen LogP contribution in [0.2, 0.25) is 0 Å². The summed E-state index contributed by atoms with van der Waals surface area (Å²) >= 11 is 0. The summed E-state index contributed by atoms with van der Waals surface area (Å²) < 4.78 is 67.6. The van der Waals surface area contributed by atoms with Crippen LogP contribution in [0.4, 0.5) is 0 Å². The number of phosphoric ester groups is 2. The van der Waals surface area contributed by atoms with E-state index >= 15 is 0 Å². The van der Waals surface area contributed by atoms with Crippen LogP contribution in [0.15, 0.2) is 0 Å². The van der Waals surface area contributed by atoms with Crippen molar-refractivity contribution in [2.45, 2.75) is 310 Å². The van der Waals surface area contributed by atoms with Crippen LogP contribution in [0.25, 0.3) is 0 Å². The zero-order chi connectivity index (χ0) is 58.7. The van der Waals surface area contributed by atoms with E-state index in [1.54, 1.807) is 0 Å². The molecular weight excluding hydrogens is 1050 g/mol. The molecule has 468 valence electrons. The molecule has 17 nitrogen and oxygen atoms in total. The Hall–Kier alpha value is -1.94. The highest BCUT2D eigenvalue weighted by Gasteiger charge is 2.30. The molecule has 0 aliphatic heterocycles. The maximum absolute atomic E-state index is 12.9. The van der Waals surface area contributed by atoms with Gasteiger partial charge in [-0.05, 0) is 37.5 Å². The Bertz CT molecular complexity index is 1570. The molecule has 6 atom stereocenters. The number of carbonyl (C=O) groups is 4. The highest BCUT2D eigenvalue weighted by atomic mass is 31.2. The molecule has 0 aromatic carbocycles. The number of rotatable bonds is 59. The lowest BCUT2D eigenvalue weighted by atomic mass is 10.00. The predicted octanol–water partition coefficient (Wildman–Crippen LogP) is 16.1. The largest absolute Gasteiger partial charge is 0.472 e. The number of phosphoric acid groups is 2. The maximum Gasteiger partial charge on any atom is 0.472 e. The SMILES string of the molecule is CCCCCCCCCCCCCCCC(=O)O[C@H](COC(=O)CCCCCCCCCCC(C)C)COP(=O)(O)OC[C@@H](O)COP(=O)(O)OC[C@@H](COC(=O)CCCCCCC)OC(=O)CCCCCCCCC(C)CC. The number of unbranched alkanes of at least 4 members (excludes halogenated alkanes) is 28. The molecule has 0 aromatic heterocycles. The Labute approximate surface area is 479 Å². The average Bonchev–Trinajstić information content (AvgIpc) is 3.41. The predicted molar refractivity (Wildman–Crippen MR) is 312 cm³/mol. The number of esters is 4. The third-order valence-corrected chi connectivity index (χ3v) is 16.0. The van der Waals surface area contributed by atoms with E-state index in [9.17, 15) is 43.2 Å². The number of aliphatic hydroxyl groups is 1. The third kappa shape index (κ3) is 53.8. The van der Waals surface area contributed by atoms with Crippen LogP contribution in [-0.2, 0) is 65.4 Å². The van der Waals surface area contributed by atoms with Gasteiger partial charge in [0, 0.05) is 25.7 Å². The van der Waals surface area contributed by atoms with E-state index in [1.165, 1.54) is 103 Å². The lowest BCUT2D eigenvalue weighted by molar-refractivity contribution is -0.161. The standard InChI is InChI=1S/C60H116O17P2/c1-7-10-12-14-15-16-17-18-19-20-25-32-38-44-59(64)76-56(49-71-58(63)43-37-31-24-22-21-23-29-34-40-52(4)5)51-75-79(68,69)73-47-54(61)46-72-78(66,67)74-50-55(48-70-57(62)42-36-28-13-11-8-2)77-60(65)45-39-33-27-26-30-35-41-53(6)9-3/h52-56,61H,7-51H2,1-6H3,(H,66,67)(H,68,69)/t53?,54-,55+,56+/m0/s1. The number of carbonyl (C=O) groups excluding carboxylic acids is 4. The Morgan fingerprint density at radius 1 is 0.367 bits per heavy atom. The molecular formula is C60H116O17P2. The molecule has 0 aliphatic rings. The smallest absolute Gasteiger partial charge is 0.462 e. The maximum atomic E-state index is 12.9. The van der Waals surface area contributed by atoms with Gasteiger partial charge in [-0.2, -0.15) is 0 Å². The zero-order valence-electron chi connectivity index (χ0n) is 50.7. The van der Waals surface area contributed by atoms with Crippen molar-refractivity contribution in [1.82, 2.24) is 0 Å². The number of aliphatic hydroxyl groups excluding tert-OH is 1. The summed E-state index contributed by atoms with van der Waals surface area (Å²) in [6.45, 7) is 9.29. The van der Waals surface area contributed by atoms with Gasteiger partial charge in [-0.25, -0.2) is 9.13 Å². The molecule has 0 amide bonds. The molecule has 0 spiro atoms. The van der Waals surface area contributed by atoms with Crippen molar-refractivity contribution in [2.24, 2.45) is 11.8 Å². The van der Waals surface area contributed by atoms with Crippen molar-refractivity contribution < 1.29 is 80.2 Å². The molecule has 3 unspecified atom stereocenters. The van der Waals surface area contributed by atoms with E-state index in [1.807, 2.05) is 0 Å². The fourth-order valence-corrected chi connectivity index (χ4v) is 10.4. The van der Waals surface area contributed by atoms with E-state index in [-0.39, 0.29) is 25.7 Å². The quantitative estimate of drug-likeness (QED) is 0.0222. The molecule has 0 rings (SSSR count). The summed E-state index contributed by atoms with van der Waals surface area (Å²) in [5, 5.41) is 10.5. The van der Waals surface area contributed by atoms with Crippen molar-refractivity contribution in [3.05, 3.63) is 0 Å². The van der Waals surface area contributed by atoms with E-state index < -0.39 is 97.5 Å². The summed E-state index contributed by atoms with van der Waals surface area (Å²) in [6.07, 6.45) is 33.8. The average molecular weight is 1170 g/mol. The van der Waals surface area contributed by atoms with Crippen LogP contribution in [0.5, 0.6) is 0 Å². The van der Waals surface area contributed by atoms with Crippen LogP contribution >= 0.6 is 15.6 Å². The summed E-state index contributed by atoms with van der Waals surface area (Å²) in [7, 11) is -9.87. The van der Waals surface area contributed by atoms with Crippen molar-refractivity contribution in [2.75, 3.05) is 39.6 Å². The monoisotopic (exact) mass is 1170 g/mol. The van der Waals surface area contributed by atoms with E-state index in [0.717, 1.165) is 108 Å². The number of ether oxygens (including phenoxy) is 4. The molecule has 0 aromatic rings. The second kappa shape index (κ2) is 52.8. The molecule has 0 bridgehead atoms. The first-order valence-electron chi connectivity index (χ1n) is 31.5. The molecule has 0 fully saturated rings. The second-order valence-electron chi connectivity index (χ2n) is 22.5. The minimum Gasteiger partial charge on any atom is -0.462 e. The fourth-order valence-electron chi connectivity index (χ4n) is 8.79. The minimum atomic E-state index is -4.94. The van der Waals surface area contributed by atoms with Crippen LogP contribution in [0.3, 0.4) is 0 Å². The van der Waals surface area contributed by atoms with Gasteiger partial charge in [-0.1, -0.05) is 241 Å². The Morgan fingerprint density at radius 3 is 0.962 bits per heavy atom. The lowest BCUT2D eigenvalue weighted by Gasteiger charge is -2.21. The minimum absolute atomic E-state index is 0.102. The van der Waals surface area contributed by atoms with Gasteiger partial charge in [0.1, 0.15) is 19.3 Å². The third-order valence-electron chi connectivity index (χ3n) is 14.1. The van der Waals surface area contributed by atoms with E-state index in [0.29, 0.717) is 25.7 Å². The van der Waals surface area contributed by atoms with Gasteiger partial charge in [0.25, 0.3) is 0 Å². The molecule has 79 heavy (non-hydrogen) atoms. The molecule has 0 aliphatic carbocycles. The van der Waals surface area contributed by atoms with Gasteiger partial charge in [0.2, 0.25) is 0 Å². The van der Waals surface area contributed by atoms with Crippen molar-refractivity contribution in [3.63, 3.8) is 0 Å². The molecule has 19 heteroatoms. The highest BCUT2D eigenvalue weighted by molar-refractivity contribution is 7.47. The van der Waals surface area contributed by atoms with Crippen LogP contribution in [-0.4, -0.2) is 96.7 Å². The van der Waals surface area contributed by atoms with Crippen LogP contribution in [0, 0.1) is 11.8 Å². The Kier molecular flexibility index (Phi) is 51.5. The zero-order valence-corrected chi connectivity index (χ0v) is 52.4. The Morgan fingerprint density at radius 2 is 0.646 bits per heavy atom. The second-order valence-corrected chi connectivity index (χ2v) is 25.4. The first-order chi connectivity index (χ1) is 37.9. The summed E-state index contributed by atoms with van der Waals surface area (Å²) in [6, 6.07) is 0. The summed E-state index contributed by atoms with van der Waals surface area (Å²) in [5.41, 5.74) is 0.